The fourth-order valence-electron chi connectivity index (χ4n) is 0.860. The molecule has 0 saturated heterocycles. The van der Waals surface area contributed by atoms with Crippen LogP contribution in [0.2, 0.25) is 0 Å². The highest BCUT2D eigenvalue weighted by molar-refractivity contribution is 5.85. The first-order chi connectivity index (χ1) is 4.75. The average Bonchev–Trinajstić information content (AvgIpc) is 2.33. The van der Waals surface area contributed by atoms with Crippen LogP contribution in [0.5, 0.6) is 0 Å². The number of aryl methyl sites for hydroxylation is 1. The molecule has 1 aromatic rings. The maximum Gasteiger partial charge on any atom is 0.149 e. The van der Waals surface area contributed by atoms with Gasteiger partial charge in [0.25, 0.3) is 0 Å². The molecular weight excluding hydrogens is 199 g/mol. The first kappa shape index (κ1) is 14.2. The SMILES string of the molecule is CCn1cnnc1C(C)N.Cl.Cl. The molecule has 0 aliphatic heterocycles. The molecule has 0 aliphatic rings. The monoisotopic (exact) mass is 212 g/mol. The predicted octanol–water partition coefficient (Wildman–Crippen LogP) is 1.16. The van der Waals surface area contributed by atoms with Gasteiger partial charge in [0.15, 0.2) is 0 Å². The van der Waals surface area contributed by atoms with Crippen molar-refractivity contribution in [1.82, 2.24) is 14.8 Å². The van der Waals surface area contributed by atoms with E-state index in [1.165, 1.54) is 0 Å². The molecule has 1 aromatic heterocycles. The summed E-state index contributed by atoms with van der Waals surface area (Å²) in [6, 6.07) is -0.0255. The summed E-state index contributed by atoms with van der Waals surface area (Å²) in [7, 11) is 0. The van der Waals surface area contributed by atoms with E-state index in [1.54, 1.807) is 6.33 Å². The molecule has 0 fully saturated rings. The van der Waals surface area contributed by atoms with Crippen molar-refractivity contribution >= 4 is 24.8 Å². The first-order valence-corrected chi connectivity index (χ1v) is 3.39. The molecule has 0 spiro atoms. The molecule has 2 N–H and O–H groups in total. The van der Waals surface area contributed by atoms with Gasteiger partial charge >= 0.3 is 0 Å². The van der Waals surface area contributed by atoms with Crippen LogP contribution in [0.25, 0.3) is 0 Å². The normalized spacial score (nSPS) is 11.2. The second-order valence-electron chi connectivity index (χ2n) is 2.26. The number of hydrogen-bond acceptors (Lipinski definition) is 3. The third-order valence-corrected chi connectivity index (χ3v) is 1.39. The van der Waals surface area contributed by atoms with E-state index >= 15 is 0 Å². The topological polar surface area (TPSA) is 56.7 Å². The minimum atomic E-state index is -0.0255. The Hall–Kier alpha value is -0.320. The van der Waals surface area contributed by atoms with E-state index in [0.717, 1.165) is 12.4 Å². The van der Waals surface area contributed by atoms with E-state index in [2.05, 4.69) is 10.2 Å². The summed E-state index contributed by atoms with van der Waals surface area (Å²) in [5.74, 6) is 0.850. The van der Waals surface area contributed by atoms with E-state index in [9.17, 15) is 0 Å². The average molecular weight is 213 g/mol. The van der Waals surface area contributed by atoms with Gasteiger partial charge in [-0.3, -0.25) is 0 Å². The fraction of sp³-hybridized carbons (Fsp3) is 0.667. The van der Waals surface area contributed by atoms with Crippen molar-refractivity contribution < 1.29 is 0 Å². The third kappa shape index (κ3) is 2.97. The van der Waals surface area contributed by atoms with Crippen molar-refractivity contribution in [2.24, 2.45) is 5.73 Å². The molecule has 12 heavy (non-hydrogen) atoms. The van der Waals surface area contributed by atoms with Gasteiger partial charge in [0.05, 0.1) is 6.04 Å². The molecule has 0 bridgehead atoms. The molecule has 0 aromatic carbocycles. The Morgan fingerprint density at radius 3 is 2.50 bits per heavy atom. The number of nitrogens with zero attached hydrogens (tertiary/aromatic N) is 3. The van der Waals surface area contributed by atoms with Crippen LogP contribution in [-0.2, 0) is 6.54 Å². The zero-order valence-electron chi connectivity index (χ0n) is 7.10. The van der Waals surface area contributed by atoms with Crippen LogP contribution >= 0.6 is 24.8 Å². The van der Waals surface area contributed by atoms with Gasteiger partial charge in [-0.15, -0.1) is 35.0 Å². The summed E-state index contributed by atoms with van der Waals surface area (Å²) in [5.41, 5.74) is 5.61. The Labute approximate surface area is 84.4 Å². The van der Waals surface area contributed by atoms with Crippen molar-refractivity contribution in [3.63, 3.8) is 0 Å². The van der Waals surface area contributed by atoms with Gasteiger partial charge in [0.1, 0.15) is 12.2 Å². The summed E-state index contributed by atoms with van der Waals surface area (Å²) >= 11 is 0. The summed E-state index contributed by atoms with van der Waals surface area (Å²) in [4.78, 5) is 0. The van der Waals surface area contributed by atoms with Gasteiger partial charge in [0.2, 0.25) is 0 Å². The van der Waals surface area contributed by atoms with E-state index in [1.807, 2.05) is 18.4 Å². The van der Waals surface area contributed by atoms with E-state index in [-0.39, 0.29) is 30.9 Å². The second-order valence-corrected chi connectivity index (χ2v) is 2.26. The van der Waals surface area contributed by atoms with Gasteiger partial charge in [-0.2, -0.15) is 0 Å². The van der Waals surface area contributed by atoms with Crippen molar-refractivity contribution in [2.45, 2.75) is 26.4 Å². The van der Waals surface area contributed by atoms with E-state index < -0.39 is 0 Å². The molecular formula is C6H14Cl2N4. The lowest BCUT2D eigenvalue weighted by atomic mass is 10.3. The first-order valence-electron chi connectivity index (χ1n) is 3.39. The summed E-state index contributed by atoms with van der Waals surface area (Å²) < 4.78 is 1.94. The van der Waals surface area contributed by atoms with Crippen LogP contribution in [0.1, 0.15) is 25.7 Å². The molecule has 0 saturated carbocycles. The van der Waals surface area contributed by atoms with Crippen LogP contribution in [0.15, 0.2) is 6.33 Å². The Kier molecular flexibility index (Phi) is 7.37. The molecule has 0 aliphatic carbocycles. The zero-order valence-corrected chi connectivity index (χ0v) is 8.73. The van der Waals surface area contributed by atoms with Crippen LogP contribution in [-0.4, -0.2) is 14.8 Å². The molecule has 1 unspecified atom stereocenters. The highest BCUT2D eigenvalue weighted by Crippen LogP contribution is 2.03. The van der Waals surface area contributed by atoms with Gasteiger partial charge in [-0.05, 0) is 13.8 Å². The van der Waals surface area contributed by atoms with Crippen LogP contribution in [0, 0.1) is 0 Å². The predicted molar refractivity (Wildman–Crippen MR) is 52.8 cm³/mol. The Morgan fingerprint density at radius 2 is 2.17 bits per heavy atom. The van der Waals surface area contributed by atoms with E-state index in [0.29, 0.717) is 0 Å². The third-order valence-electron chi connectivity index (χ3n) is 1.39. The van der Waals surface area contributed by atoms with Gasteiger partial charge in [0, 0.05) is 6.54 Å². The zero-order chi connectivity index (χ0) is 7.56. The van der Waals surface area contributed by atoms with Gasteiger partial charge in [-0.25, -0.2) is 0 Å². The van der Waals surface area contributed by atoms with Gasteiger partial charge in [-0.1, -0.05) is 0 Å². The van der Waals surface area contributed by atoms with Crippen molar-refractivity contribution in [3.05, 3.63) is 12.2 Å². The smallest absolute Gasteiger partial charge is 0.149 e. The fourth-order valence-corrected chi connectivity index (χ4v) is 0.860. The second kappa shape index (κ2) is 6.22. The summed E-state index contributed by atoms with van der Waals surface area (Å²) in [6.07, 6.45) is 1.69. The molecule has 1 rings (SSSR count). The van der Waals surface area contributed by atoms with Crippen molar-refractivity contribution in [2.75, 3.05) is 0 Å². The largest absolute Gasteiger partial charge is 0.322 e. The molecule has 0 radical (unpaired) electrons. The summed E-state index contributed by atoms with van der Waals surface area (Å²) in [6.45, 7) is 4.81. The molecule has 1 heterocycles. The lowest BCUT2D eigenvalue weighted by molar-refractivity contribution is 0.636. The van der Waals surface area contributed by atoms with Gasteiger partial charge < -0.3 is 10.3 Å². The molecule has 0 amide bonds. The number of aromatic nitrogens is 3. The maximum absolute atomic E-state index is 5.61. The van der Waals surface area contributed by atoms with Crippen LogP contribution in [0.3, 0.4) is 0 Å². The maximum atomic E-state index is 5.61. The number of nitrogens with two attached hydrogens (primary N) is 1. The lowest BCUT2D eigenvalue weighted by Gasteiger charge is -2.04. The van der Waals surface area contributed by atoms with Crippen molar-refractivity contribution in [1.29, 1.82) is 0 Å². The lowest BCUT2D eigenvalue weighted by Crippen LogP contribution is -2.12. The Morgan fingerprint density at radius 1 is 1.58 bits per heavy atom. The molecule has 72 valence electrons. The number of rotatable bonds is 2. The molecule has 4 nitrogen and oxygen atoms in total. The summed E-state index contributed by atoms with van der Waals surface area (Å²) in [5, 5.41) is 7.62. The molecule has 6 heteroatoms. The molecule has 1 atom stereocenters. The Bertz CT molecular complexity index is 211. The highest BCUT2D eigenvalue weighted by Gasteiger charge is 2.05. The standard InChI is InChI=1S/C6H12N4.2ClH/c1-3-10-4-8-9-6(10)5(2)7;;/h4-5H,3,7H2,1-2H3;2*1H. The van der Waals surface area contributed by atoms with Crippen LogP contribution in [0.4, 0.5) is 0 Å². The van der Waals surface area contributed by atoms with E-state index in [4.69, 9.17) is 5.73 Å². The minimum Gasteiger partial charge on any atom is -0.322 e. The van der Waals surface area contributed by atoms with Crippen LogP contribution < -0.4 is 5.73 Å². The number of hydrogen-bond donors (Lipinski definition) is 1. The highest BCUT2D eigenvalue weighted by atomic mass is 35.5. The minimum absolute atomic E-state index is 0. The quantitative estimate of drug-likeness (QED) is 0.801. The Balaban J connectivity index is 0. The van der Waals surface area contributed by atoms with Crippen molar-refractivity contribution in [3.8, 4) is 0 Å². The number of halogens is 2.